The number of hydrogen-bond acceptors (Lipinski definition) is 3. The average Bonchev–Trinajstić information content (AvgIpc) is 2.49. The summed E-state index contributed by atoms with van der Waals surface area (Å²) < 4.78 is 5.56. The van der Waals surface area contributed by atoms with Crippen LogP contribution in [0.4, 0.5) is 0 Å². The molecule has 1 unspecified atom stereocenters. The first-order chi connectivity index (χ1) is 10.2. The van der Waals surface area contributed by atoms with Crippen molar-refractivity contribution in [2.24, 2.45) is 5.92 Å². The second kappa shape index (κ2) is 10.2. The van der Waals surface area contributed by atoms with Gasteiger partial charge in [-0.15, -0.1) is 12.4 Å². The molecule has 0 aliphatic carbocycles. The Morgan fingerprint density at radius 3 is 2.91 bits per heavy atom. The lowest BCUT2D eigenvalue weighted by Gasteiger charge is -2.21. The first-order valence-corrected chi connectivity index (χ1v) is 7.98. The van der Waals surface area contributed by atoms with E-state index >= 15 is 0 Å². The van der Waals surface area contributed by atoms with Crippen LogP contribution in [0.5, 0.6) is 5.75 Å². The minimum atomic E-state index is 0. The minimum absolute atomic E-state index is 0. The molecule has 1 aliphatic heterocycles. The zero-order valence-electron chi connectivity index (χ0n) is 12.2. The molecule has 2 rings (SSSR count). The molecule has 0 aromatic heterocycles. The number of halogens is 3. The normalized spacial score (nSPS) is 17.5. The maximum Gasteiger partial charge on any atom is 0.224 e. The third kappa shape index (κ3) is 6.21. The van der Waals surface area contributed by atoms with E-state index in [1.165, 1.54) is 0 Å². The lowest BCUT2D eigenvalue weighted by atomic mass is 9.99. The van der Waals surface area contributed by atoms with Crippen molar-refractivity contribution in [1.29, 1.82) is 0 Å². The largest absolute Gasteiger partial charge is 0.492 e. The van der Waals surface area contributed by atoms with E-state index in [0.29, 0.717) is 28.9 Å². The van der Waals surface area contributed by atoms with E-state index in [4.69, 9.17) is 27.9 Å². The molecule has 124 valence electrons. The van der Waals surface area contributed by atoms with Gasteiger partial charge in [-0.3, -0.25) is 4.79 Å². The smallest absolute Gasteiger partial charge is 0.224 e. The summed E-state index contributed by atoms with van der Waals surface area (Å²) in [7, 11) is 0. The summed E-state index contributed by atoms with van der Waals surface area (Å²) in [6.07, 6.45) is 2.77. The van der Waals surface area contributed by atoms with Crippen molar-refractivity contribution in [3.63, 3.8) is 0 Å². The lowest BCUT2D eigenvalue weighted by molar-refractivity contribution is -0.125. The summed E-state index contributed by atoms with van der Waals surface area (Å²) in [5.74, 6) is 0.848. The van der Waals surface area contributed by atoms with Crippen LogP contribution in [0.25, 0.3) is 0 Å². The van der Waals surface area contributed by atoms with Crippen LogP contribution < -0.4 is 15.4 Å². The van der Waals surface area contributed by atoms with Crippen LogP contribution in [0.1, 0.15) is 19.3 Å². The van der Waals surface area contributed by atoms with Gasteiger partial charge in [0.05, 0.1) is 17.5 Å². The van der Waals surface area contributed by atoms with Crippen molar-refractivity contribution in [2.45, 2.75) is 19.3 Å². The van der Waals surface area contributed by atoms with Gasteiger partial charge in [0.15, 0.2) is 0 Å². The Hall–Kier alpha value is -0.680. The molecule has 1 aromatic rings. The number of benzene rings is 1. The van der Waals surface area contributed by atoms with Gasteiger partial charge < -0.3 is 15.4 Å². The fraction of sp³-hybridized carbons (Fsp3) is 0.533. The SMILES string of the molecule is Cl.O=C(NCCCOc1ccc(Cl)cc1Cl)C1CCCNC1. The van der Waals surface area contributed by atoms with Crippen molar-refractivity contribution in [3.8, 4) is 5.75 Å². The van der Waals surface area contributed by atoms with E-state index in [-0.39, 0.29) is 24.2 Å². The fourth-order valence-electron chi connectivity index (χ4n) is 2.28. The Kier molecular flexibility index (Phi) is 8.95. The third-order valence-corrected chi connectivity index (χ3v) is 3.97. The standard InChI is InChI=1S/C15H20Cl2N2O2.ClH/c16-12-4-5-14(13(17)9-12)21-8-2-7-19-15(20)11-3-1-6-18-10-11;/h4-5,9,11,18H,1-3,6-8,10H2,(H,19,20);1H. The van der Waals surface area contributed by atoms with Gasteiger partial charge in [-0.1, -0.05) is 23.2 Å². The molecule has 1 fully saturated rings. The Morgan fingerprint density at radius 1 is 1.41 bits per heavy atom. The Bertz CT molecular complexity index is 480. The van der Waals surface area contributed by atoms with Crippen molar-refractivity contribution in [2.75, 3.05) is 26.2 Å². The van der Waals surface area contributed by atoms with Gasteiger partial charge >= 0.3 is 0 Å². The highest BCUT2D eigenvalue weighted by Gasteiger charge is 2.19. The van der Waals surface area contributed by atoms with Crippen molar-refractivity contribution >= 4 is 41.5 Å². The maximum atomic E-state index is 11.9. The predicted molar refractivity (Wildman–Crippen MR) is 92.4 cm³/mol. The molecule has 1 atom stereocenters. The number of carbonyl (C=O) groups is 1. The number of piperidine rings is 1. The number of rotatable bonds is 6. The van der Waals surface area contributed by atoms with Gasteiger partial charge in [0.2, 0.25) is 5.91 Å². The molecule has 0 radical (unpaired) electrons. The van der Waals surface area contributed by atoms with Crippen LogP contribution in [0.3, 0.4) is 0 Å². The highest BCUT2D eigenvalue weighted by Crippen LogP contribution is 2.27. The van der Waals surface area contributed by atoms with E-state index in [2.05, 4.69) is 10.6 Å². The Balaban J connectivity index is 0.00000242. The van der Waals surface area contributed by atoms with Crippen LogP contribution in [0.15, 0.2) is 18.2 Å². The van der Waals surface area contributed by atoms with Crippen molar-refractivity contribution in [3.05, 3.63) is 28.2 Å². The lowest BCUT2D eigenvalue weighted by Crippen LogP contribution is -2.40. The summed E-state index contributed by atoms with van der Waals surface area (Å²) >= 11 is 11.8. The van der Waals surface area contributed by atoms with E-state index in [9.17, 15) is 4.79 Å². The van der Waals surface area contributed by atoms with Crippen molar-refractivity contribution in [1.82, 2.24) is 10.6 Å². The topological polar surface area (TPSA) is 50.4 Å². The van der Waals surface area contributed by atoms with E-state index in [1.807, 2.05) is 0 Å². The first-order valence-electron chi connectivity index (χ1n) is 7.23. The molecule has 4 nitrogen and oxygen atoms in total. The number of amides is 1. The zero-order chi connectivity index (χ0) is 15.1. The van der Waals surface area contributed by atoms with Gasteiger partial charge in [0, 0.05) is 18.1 Å². The molecule has 2 N–H and O–H groups in total. The number of hydrogen-bond donors (Lipinski definition) is 2. The summed E-state index contributed by atoms with van der Waals surface area (Å²) in [6.45, 7) is 2.91. The summed E-state index contributed by atoms with van der Waals surface area (Å²) in [4.78, 5) is 11.9. The van der Waals surface area contributed by atoms with Gasteiger partial charge in [-0.05, 0) is 44.0 Å². The van der Waals surface area contributed by atoms with Crippen LogP contribution in [0.2, 0.25) is 10.0 Å². The third-order valence-electron chi connectivity index (χ3n) is 3.44. The molecule has 1 heterocycles. The van der Waals surface area contributed by atoms with Gasteiger partial charge in [-0.2, -0.15) is 0 Å². The highest BCUT2D eigenvalue weighted by atomic mass is 35.5. The van der Waals surface area contributed by atoms with Crippen LogP contribution in [-0.4, -0.2) is 32.1 Å². The zero-order valence-corrected chi connectivity index (χ0v) is 14.6. The van der Waals surface area contributed by atoms with Gasteiger partial charge in [0.25, 0.3) is 0 Å². The second-order valence-electron chi connectivity index (χ2n) is 5.11. The molecule has 1 aromatic carbocycles. The van der Waals surface area contributed by atoms with Crippen LogP contribution in [0, 0.1) is 5.92 Å². The molecular formula is C15H21Cl3N2O2. The van der Waals surface area contributed by atoms with E-state index in [0.717, 1.165) is 32.4 Å². The first kappa shape index (κ1) is 19.4. The van der Waals surface area contributed by atoms with E-state index < -0.39 is 0 Å². The summed E-state index contributed by atoms with van der Waals surface area (Å²) in [6, 6.07) is 5.13. The molecular weight excluding hydrogens is 347 g/mol. The van der Waals surface area contributed by atoms with Crippen LogP contribution >= 0.6 is 35.6 Å². The fourth-order valence-corrected chi connectivity index (χ4v) is 2.74. The monoisotopic (exact) mass is 366 g/mol. The summed E-state index contributed by atoms with van der Waals surface area (Å²) in [5.41, 5.74) is 0. The number of carbonyl (C=O) groups excluding carboxylic acids is 1. The quantitative estimate of drug-likeness (QED) is 0.759. The Morgan fingerprint density at radius 2 is 2.23 bits per heavy atom. The molecule has 22 heavy (non-hydrogen) atoms. The van der Waals surface area contributed by atoms with E-state index in [1.54, 1.807) is 18.2 Å². The average molecular weight is 368 g/mol. The minimum Gasteiger partial charge on any atom is -0.492 e. The molecule has 1 saturated heterocycles. The molecule has 0 bridgehead atoms. The molecule has 1 aliphatic rings. The Labute approximate surface area is 147 Å². The number of nitrogens with one attached hydrogen (secondary N) is 2. The maximum absolute atomic E-state index is 11.9. The molecule has 7 heteroatoms. The second-order valence-corrected chi connectivity index (χ2v) is 5.95. The van der Waals surface area contributed by atoms with Gasteiger partial charge in [-0.25, -0.2) is 0 Å². The molecule has 0 spiro atoms. The van der Waals surface area contributed by atoms with Crippen molar-refractivity contribution < 1.29 is 9.53 Å². The number of ether oxygens (including phenoxy) is 1. The molecule has 0 saturated carbocycles. The summed E-state index contributed by atoms with van der Waals surface area (Å²) in [5, 5.41) is 7.27. The molecule has 1 amide bonds. The predicted octanol–water partition coefficient (Wildman–Crippen LogP) is 3.30. The van der Waals surface area contributed by atoms with Gasteiger partial charge in [0.1, 0.15) is 5.75 Å². The van der Waals surface area contributed by atoms with Crippen LogP contribution in [-0.2, 0) is 4.79 Å². The highest BCUT2D eigenvalue weighted by molar-refractivity contribution is 6.35.